The number of aliphatic hydroxyl groups excluding tert-OH is 2. The molecule has 16 heavy (non-hydrogen) atoms. The molecule has 6 heteroatoms. The van der Waals surface area contributed by atoms with Gasteiger partial charge in [0.2, 0.25) is 5.06 Å². The molecule has 0 unspecified atom stereocenters. The van der Waals surface area contributed by atoms with Gasteiger partial charge in [-0.05, 0) is 13.0 Å². The SMILES string of the molecule is C/C=C(\Cl)[C@@]12O[C@]1(Cl)[C@@H](O)C=C(OC)[C@@H]2O. The molecule has 90 valence electrons. The van der Waals surface area contributed by atoms with E-state index < -0.39 is 22.9 Å². The van der Waals surface area contributed by atoms with E-state index >= 15 is 0 Å². The Morgan fingerprint density at radius 1 is 1.62 bits per heavy atom. The Hall–Kier alpha value is -0.260. The highest BCUT2D eigenvalue weighted by atomic mass is 35.5. The van der Waals surface area contributed by atoms with Crippen molar-refractivity contribution in [3.8, 4) is 0 Å². The van der Waals surface area contributed by atoms with Gasteiger partial charge in [0.25, 0.3) is 0 Å². The zero-order valence-corrected chi connectivity index (χ0v) is 10.3. The Kier molecular flexibility index (Phi) is 2.76. The number of hydrogen-bond acceptors (Lipinski definition) is 4. The summed E-state index contributed by atoms with van der Waals surface area (Å²) >= 11 is 12.1. The van der Waals surface area contributed by atoms with Crippen LogP contribution in [-0.2, 0) is 9.47 Å². The maximum Gasteiger partial charge on any atom is 0.209 e. The molecule has 1 fully saturated rings. The second-order valence-corrected chi connectivity index (χ2v) is 4.71. The van der Waals surface area contributed by atoms with Gasteiger partial charge in [0.15, 0.2) is 5.60 Å². The molecule has 1 saturated heterocycles. The second-order valence-electron chi connectivity index (χ2n) is 3.74. The van der Waals surface area contributed by atoms with Gasteiger partial charge in [-0.15, -0.1) is 0 Å². The molecular weight excluding hydrogens is 255 g/mol. The van der Waals surface area contributed by atoms with E-state index in [0.717, 1.165) is 0 Å². The molecule has 4 nitrogen and oxygen atoms in total. The van der Waals surface area contributed by atoms with Gasteiger partial charge in [-0.2, -0.15) is 0 Å². The largest absolute Gasteiger partial charge is 0.498 e. The van der Waals surface area contributed by atoms with Gasteiger partial charge in [0.1, 0.15) is 18.0 Å². The third kappa shape index (κ3) is 1.22. The first-order valence-electron chi connectivity index (χ1n) is 4.77. The number of rotatable bonds is 2. The average molecular weight is 267 g/mol. The lowest BCUT2D eigenvalue weighted by molar-refractivity contribution is 0.0665. The molecule has 0 aromatic carbocycles. The minimum absolute atomic E-state index is 0.196. The summed E-state index contributed by atoms with van der Waals surface area (Å²) in [6, 6.07) is 0. The highest BCUT2D eigenvalue weighted by Crippen LogP contribution is 2.64. The van der Waals surface area contributed by atoms with Gasteiger partial charge in [0, 0.05) is 0 Å². The van der Waals surface area contributed by atoms with Crippen molar-refractivity contribution in [1.29, 1.82) is 0 Å². The third-order valence-electron chi connectivity index (χ3n) is 2.98. The molecule has 1 heterocycles. The molecular formula is C10H12Cl2O4. The highest BCUT2D eigenvalue weighted by molar-refractivity contribution is 6.35. The summed E-state index contributed by atoms with van der Waals surface area (Å²) in [5.74, 6) is 0.196. The summed E-state index contributed by atoms with van der Waals surface area (Å²) in [5, 5.41) is 18.7. The Morgan fingerprint density at radius 2 is 2.25 bits per heavy atom. The Balaban J connectivity index is 2.47. The molecule has 0 aromatic heterocycles. The monoisotopic (exact) mass is 266 g/mol. The minimum Gasteiger partial charge on any atom is -0.498 e. The van der Waals surface area contributed by atoms with Gasteiger partial charge in [-0.25, -0.2) is 0 Å². The molecule has 1 aliphatic carbocycles. The highest BCUT2D eigenvalue weighted by Gasteiger charge is 2.80. The summed E-state index contributed by atoms with van der Waals surface area (Å²) in [7, 11) is 1.39. The van der Waals surface area contributed by atoms with E-state index in [1.807, 2.05) is 0 Å². The number of epoxide rings is 1. The Bertz CT molecular complexity index is 381. The van der Waals surface area contributed by atoms with Crippen LogP contribution in [0.2, 0.25) is 0 Å². The van der Waals surface area contributed by atoms with Crippen molar-refractivity contribution in [1.82, 2.24) is 0 Å². The molecule has 0 radical (unpaired) electrons. The van der Waals surface area contributed by atoms with Gasteiger partial charge >= 0.3 is 0 Å². The first-order chi connectivity index (χ1) is 7.44. The maximum absolute atomic E-state index is 10.1. The van der Waals surface area contributed by atoms with Gasteiger partial charge in [0.05, 0.1) is 12.1 Å². The Morgan fingerprint density at radius 3 is 2.75 bits per heavy atom. The molecule has 1 aliphatic heterocycles. The molecule has 2 rings (SSSR count). The number of ether oxygens (including phenoxy) is 2. The van der Waals surface area contributed by atoms with Crippen molar-refractivity contribution in [2.75, 3.05) is 7.11 Å². The fraction of sp³-hybridized carbons (Fsp3) is 0.600. The van der Waals surface area contributed by atoms with E-state index in [0.29, 0.717) is 0 Å². The molecule has 0 spiro atoms. The fourth-order valence-electron chi connectivity index (χ4n) is 2.02. The molecule has 0 amide bonds. The van der Waals surface area contributed by atoms with Crippen molar-refractivity contribution >= 4 is 23.2 Å². The predicted octanol–water partition coefficient (Wildman–Crippen LogP) is 1.10. The summed E-state index contributed by atoms with van der Waals surface area (Å²) in [6.45, 7) is 1.69. The molecule has 0 aromatic rings. The molecule has 0 saturated carbocycles. The summed E-state index contributed by atoms with van der Waals surface area (Å²) in [4.78, 5) is 0. The number of fused-ring (bicyclic) bond motifs is 1. The lowest BCUT2D eigenvalue weighted by Gasteiger charge is -2.28. The summed E-state index contributed by atoms with van der Waals surface area (Å²) < 4.78 is 10.3. The van der Waals surface area contributed by atoms with Crippen molar-refractivity contribution in [3.05, 3.63) is 22.9 Å². The van der Waals surface area contributed by atoms with E-state index in [-0.39, 0.29) is 10.8 Å². The predicted molar refractivity (Wildman–Crippen MR) is 59.1 cm³/mol. The number of methoxy groups -OCH3 is 1. The van der Waals surface area contributed by atoms with E-state index in [1.54, 1.807) is 13.0 Å². The quantitative estimate of drug-likeness (QED) is 0.581. The zero-order chi connectivity index (χ0) is 12.1. The van der Waals surface area contributed by atoms with Crippen molar-refractivity contribution in [2.45, 2.75) is 29.8 Å². The summed E-state index contributed by atoms with van der Waals surface area (Å²) in [6.07, 6.45) is 0.687. The van der Waals surface area contributed by atoms with Crippen molar-refractivity contribution in [2.24, 2.45) is 0 Å². The number of hydrogen-bond donors (Lipinski definition) is 2. The van der Waals surface area contributed by atoms with Gasteiger partial charge in [-0.3, -0.25) is 0 Å². The number of allylic oxidation sites excluding steroid dienone is 1. The van der Waals surface area contributed by atoms with Crippen LogP contribution in [0, 0.1) is 0 Å². The van der Waals surface area contributed by atoms with Crippen molar-refractivity contribution < 1.29 is 19.7 Å². The lowest BCUT2D eigenvalue weighted by atomic mass is 9.87. The van der Waals surface area contributed by atoms with E-state index in [4.69, 9.17) is 32.7 Å². The fourth-order valence-corrected chi connectivity index (χ4v) is 2.74. The van der Waals surface area contributed by atoms with Crippen molar-refractivity contribution in [3.63, 3.8) is 0 Å². The van der Waals surface area contributed by atoms with Crippen LogP contribution in [0.25, 0.3) is 0 Å². The smallest absolute Gasteiger partial charge is 0.209 e. The first-order valence-corrected chi connectivity index (χ1v) is 5.52. The summed E-state index contributed by atoms with van der Waals surface area (Å²) in [5.41, 5.74) is -1.30. The lowest BCUT2D eigenvalue weighted by Crippen LogP contribution is -2.46. The molecule has 2 aliphatic rings. The van der Waals surface area contributed by atoms with E-state index in [2.05, 4.69) is 0 Å². The third-order valence-corrected chi connectivity index (χ3v) is 4.06. The average Bonchev–Trinajstić information content (AvgIpc) is 2.93. The molecule has 2 N–H and O–H groups in total. The van der Waals surface area contributed by atoms with E-state index in [1.165, 1.54) is 13.2 Å². The first kappa shape index (κ1) is 12.2. The maximum atomic E-state index is 10.1. The number of halogens is 2. The van der Waals surface area contributed by atoms with Crippen LogP contribution in [-0.4, -0.2) is 40.2 Å². The van der Waals surface area contributed by atoms with Crippen LogP contribution < -0.4 is 0 Å². The molecule has 4 atom stereocenters. The van der Waals surface area contributed by atoms with Crippen LogP contribution in [0.1, 0.15) is 6.92 Å². The topological polar surface area (TPSA) is 62.2 Å². The number of alkyl halides is 1. The van der Waals surface area contributed by atoms with Crippen LogP contribution in [0.5, 0.6) is 0 Å². The van der Waals surface area contributed by atoms with Gasteiger partial charge in [-0.1, -0.05) is 29.3 Å². The van der Waals surface area contributed by atoms with E-state index in [9.17, 15) is 10.2 Å². The number of aliphatic hydroxyl groups is 2. The standard InChI is InChI=1S/C10H12Cl2O4/c1-3-6(11)9-8(14)5(15-2)4-7(13)10(9,12)16-9/h3-4,7-8,13-14H,1-2H3/b6-3-/t7-,8-,9-,10+/m0/s1. The van der Waals surface area contributed by atoms with Crippen LogP contribution in [0.15, 0.2) is 22.9 Å². The minimum atomic E-state index is -1.40. The Labute approximate surface area is 103 Å². The normalized spacial score (nSPS) is 47.1. The second kappa shape index (κ2) is 3.62. The zero-order valence-electron chi connectivity index (χ0n) is 8.78. The van der Waals surface area contributed by atoms with Crippen LogP contribution >= 0.6 is 23.2 Å². The van der Waals surface area contributed by atoms with Crippen LogP contribution in [0.4, 0.5) is 0 Å². The molecule has 0 bridgehead atoms. The van der Waals surface area contributed by atoms with Crippen LogP contribution in [0.3, 0.4) is 0 Å². The van der Waals surface area contributed by atoms with Gasteiger partial charge < -0.3 is 19.7 Å².